The minimum Gasteiger partial charge on any atom is -0.358 e. The van der Waals surface area contributed by atoms with Gasteiger partial charge < -0.3 is 10.3 Å². The molecule has 0 radical (unpaired) electrons. The van der Waals surface area contributed by atoms with Gasteiger partial charge in [-0.1, -0.05) is 0 Å². The van der Waals surface area contributed by atoms with Gasteiger partial charge in [-0.15, -0.1) is 0 Å². The third kappa shape index (κ3) is 3.40. The number of carbonyl (C=O) groups is 1. The van der Waals surface area contributed by atoms with Gasteiger partial charge in [0, 0.05) is 64.4 Å². The summed E-state index contributed by atoms with van der Waals surface area (Å²) < 4.78 is -0.199. The lowest BCUT2D eigenvalue weighted by Gasteiger charge is -2.10. The predicted molar refractivity (Wildman–Crippen MR) is 81.3 cm³/mol. The average Bonchev–Trinajstić information content (AvgIpc) is 2.37. The number of hydrogen-bond acceptors (Lipinski definition) is 3. The molecule has 0 saturated heterocycles. The van der Waals surface area contributed by atoms with Crippen molar-refractivity contribution >= 4 is 26.5 Å². The van der Waals surface area contributed by atoms with Crippen LogP contribution in [-0.4, -0.2) is 13.9 Å². The topological polar surface area (TPSA) is 74.8 Å². The maximum Gasteiger partial charge on any atom is 0.280 e. The van der Waals surface area contributed by atoms with Crippen molar-refractivity contribution in [3.05, 3.63) is 52.1 Å². The molecule has 0 fully saturated rings. The molecule has 2 rings (SSSR count). The largest absolute Gasteiger partial charge is 0.358 e. The maximum absolute atomic E-state index is 12.1. The van der Waals surface area contributed by atoms with Crippen LogP contribution in [0.2, 0.25) is 0 Å². The van der Waals surface area contributed by atoms with Gasteiger partial charge in [-0.05, 0) is 19.1 Å². The SMILES string of the molecule is Cc1cc(=O)c(CNC(=O)I)c(-c2cccnc2)[nH]1. The van der Waals surface area contributed by atoms with Crippen molar-refractivity contribution in [2.24, 2.45) is 0 Å². The zero-order valence-corrected chi connectivity index (χ0v) is 12.4. The highest BCUT2D eigenvalue weighted by atomic mass is 127. The lowest BCUT2D eigenvalue weighted by Crippen LogP contribution is -2.22. The van der Waals surface area contributed by atoms with Crippen LogP contribution in [0.25, 0.3) is 11.3 Å². The standard InChI is InChI=1S/C13H12IN3O2/c1-8-5-11(18)10(7-16-13(14)19)12(17-8)9-3-2-4-15-6-9/h2-6H,7H2,1H3,(H,16,19)(H,17,18). The van der Waals surface area contributed by atoms with Crippen molar-refractivity contribution in [3.8, 4) is 11.3 Å². The number of aromatic nitrogens is 2. The Hall–Kier alpha value is -1.70. The number of halogens is 1. The van der Waals surface area contributed by atoms with Crippen LogP contribution in [0.3, 0.4) is 0 Å². The molecule has 2 aromatic rings. The van der Waals surface area contributed by atoms with Gasteiger partial charge in [0.2, 0.25) is 0 Å². The van der Waals surface area contributed by atoms with E-state index in [1.807, 2.05) is 13.0 Å². The van der Waals surface area contributed by atoms with Gasteiger partial charge >= 0.3 is 0 Å². The third-order valence-electron chi connectivity index (χ3n) is 2.62. The number of amides is 1. The van der Waals surface area contributed by atoms with E-state index in [1.54, 1.807) is 41.1 Å². The van der Waals surface area contributed by atoms with Gasteiger partial charge in [0.25, 0.3) is 3.91 Å². The van der Waals surface area contributed by atoms with Crippen molar-refractivity contribution < 1.29 is 4.79 Å². The minimum atomic E-state index is -0.199. The van der Waals surface area contributed by atoms with Gasteiger partial charge in [-0.3, -0.25) is 14.6 Å². The molecule has 0 unspecified atom stereocenters. The summed E-state index contributed by atoms with van der Waals surface area (Å²) in [6, 6.07) is 5.19. The van der Waals surface area contributed by atoms with Crippen molar-refractivity contribution in [2.75, 3.05) is 0 Å². The van der Waals surface area contributed by atoms with Crippen LogP contribution in [-0.2, 0) is 6.54 Å². The summed E-state index contributed by atoms with van der Waals surface area (Å²) in [5.41, 5.74) is 2.72. The van der Waals surface area contributed by atoms with Crippen LogP contribution < -0.4 is 10.7 Å². The molecule has 0 spiro atoms. The number of nitrogens with one attached hydrogen (secondary N) is 2. The Labute approximate surface area is 123 Å². The number of pyridine rings is 2. The van der Waals surface area contributed by atoms with Crippen LogP contribution in [0.5, 0.6) is 0 Å². The second kappa shape index (κ2) is 5.96. The number of nitrogens with zero attached hydrogens (tertiary/aromatic N) is 1. The van der Waals surface area contributed by atoms with Gasteiger partial charge in [0.1, 0.15) is 0 Å². The lowest BCUT2D eigenvalue weighted by molar-refractivity contribution is 0.262. The van der Waals surface area contributed by atoms with E-state index in [4.69, 9.17) is 0 Å². The molecule has 0 saturated carbocycles. The number of aromatic amines is 1. The quantitative estimate of drug-likeness (QED) is 0.496. The molecule has 0 atom stereocenters. The van der Waals surface area contributed by atoms with E-state index < -0.39 is 0 Å². The molecule has 2 heterocycles. The number of carbonyl (C=O) groups excluding carboxylic acids is 1. The Balaban J connectivity index is 2.52. The van der Waals surface area contributed by atoms with E-state index in [-0.39, 0.29) is 15.9 Å². The van der Waals surface area contributed by atoms with Gasteiger partial charge in [0.05, 0.1) is 5.69 Å². The van der Waals surface area contributed by atoms with Crippen LogP contribution in [0.15, 0.2) is 35.4 Å². The van der Waals surface area contributed by atoms with E-state index in [2.05, 4.69) is 15.3 Å². The van der Waals surface area contributed by atoms with E-state index in [1.165, 1.54) is 6.07 Å². The van der Waals surface area contributed by atoms with Crippen LogP contribution >= 0.6 is 22.6 Å². The summed E-state index contributed by atoms with van der Waals surface area (Å²) in [5.74, 6) is 0. The molecule has 2 aromatic heterocycles. The molecular formula is C13H12IN3O2. The number of rotatable bonds is 3. The predicted octanol–water partition coefficient (Wildman–Crippen LogP) is 2.39. The van der Waals surface area contributed by atoms with Gasteiger partial charge in [-0.25, -0.2) is 0 Å². The van der Waals surface area contributed by atoms with Gasteiger partial charge in [0.15, 0.2) is 5.43 Å². The lowest BCUT2D eigenvalue weighted by atomic mass is 10.1. The van der Waals surface area contributed by atoms with Crippen LogP contribution in [0, 0.1) is 6.92 Å². The Kier molecular flexibility index (Phi) is 4.31. The number of aryl methyl sites for hydroxylation is 1. The fraction of sp³-hybridized carbons (Fsp3) is 0.154. The molecule has 2 N–H and O–H groups in total. The highest BCUT2D eigenvalue weighted by Gasteiger charge is 2.11. The van der Waals surface area contributed by atoms with Crippen molar-refractivity contribution in [2.45, 2.75) is 13.5 Å². The first-order chi connectivity index (χ1) is 9.08. The van der Waals surface area contributed by atoms with E-state index in [0.717, 1.165) is 11.3 Å². The molecular weight excluding hydrogens is 357 g/mol. The zero-order chi connectivity index (χ0) is 13.8. The molecule has 1 amide bonds. The van der Waals surface area contributed by atoms with Crippen molar-refractivity contribution in [1.82, 2.24) is 15.3 Å². The van der Waals surface area contributed by atoms with Crippen LogP contribution in [0.4, 0.5) is 4.79 Å². The summed E-state index contributed by atoms with van der Waals surface area (Å²) in [7, 11) is 0. The Morgan fingerprint density at radius 2 is 2.32 bits per heavy atom. The molecule has 5 nitrogen and oxygen atoms in total. The molecule has 98 valence electrons. The highest BCUT2D eigenvalue weighted by Crippen LogP contribution is 2.18. The fourth-order valence-electron chi connectivity index (χ4n) is 1.81. The molecule has 0 aliphatic carbocycles. The first-order valence-electron chi connectivity index (χ1n) is 5.64. The Morgan fingerprint density at radius 1 is 1.53 bits per heavy atom. The molecule has 0 aliphatic rings. The molecule has 0 bridgehead atoms. The fourth-order valence-corrected chi connectivity index (χ4v) is 2.00. The molecule has 0 aromatic carbocycles. The monoisotopic (exact) mass is 369 g/mol. The second-order valence-electron chi connectivity index (χ2n) is 4.04. The summed E-state index contributed by atoms with van der Waals surface area (Å²) in [5, 5.41) is 2.64. The normalized spacial score (nSPS) is 10.2. The molecule has 0 aliphatic heterocycles. The Bertz CT molecular complexity index is 653. The first kappa shape index (κ1) is 13.7. The second-order valence-corrected chi connectivity index (χ2v) is 5.02. The zero-order valence-electron chi connectivity index (χ0n) is 10.2. The summed E-state index contributed by atoms with van der Waals surface area (Å²) in [6.07, 6.45) is 3.35. The van der Waals surface area contributed by atoms with Gasteiger partial charge in [-0.2, -0.15) is 0 Å². The summed E-state index contributed by atoms with van der Waals surface area (Å²) in [6.45, 7) is 2.02. The average molecular weight is 369 g/mol. The minimum absolute atomic E-state index is 0.0970. The van der Waals surface area contributed by atoms with Crippen LogP contribution in [0.1, 0.15) is 11.3 Å². The smallest absolute Gasteiger partial charge is 0.280 e. The molecule has 6 heteroatoms. The van der Waals surface area contributed by atoms with E-state index in [0.29, 0.717) is 11.3 Å². The Morgan fingerprint density at radius 3 is 2.95 bits per heavy atom. The number of H-pyrrole nitrogens is 1. The van der Waals surface area contributed by atoms with E-state index >= 15 is 0 Å². The maximum atomic E-state index is 12.1. The first-order valence-corrected chi connectivity index (χ1v) is 6.72. The van der Waals surface area contributed by atoms with Crippen molar-refractivity contribution in [1.29, 1.82) is 0 Å². The van der Waals surface area contributed by atoms with E-state index in [9.17, 15) is 9.59 Å². The number of hydrogen-bond donors (Lipinski definition) is 2. The highest BCUT2D eigenvalue weighted by molar-refractivity contribution is 14.1. The third-order valence-corrected chi connectivity index (χ3v) is 3.00. The van der Waals surface area contributed by atoms with Crippen molar-refractivity contribution in [3.63, 3.8) is 0 Å². The summed E-state index contributed by atoms with van der Waals surface area (Å²) >= 11 is 1.64. The summed E-state index contributed by atoms with van der Waals surface area (Å²) in [4.78, 5) is 30.3. The molecule has 19 heavy (non-hydrogen) atoms.